The lowest BCUT2D eigenvalue weighted by atomic mass is 10.1. The molecule has 4 rings (SSSR count). The molecular weight excluding hydrogens is 556 g/mol. The Morgan fingerprint density at radius 1 is 1.27 bits per heavy atom. The first-order chi connectivity index (χ1) is 17.4. The summed E-state index contributed by atoms with van der Waals surface area (Å²) in [5.41, 5.74) is 0.543. The number of aromatic nitrogens is 4. The monoisotopic (exact) mass is 585 g/mol. The van der Waals surface area contributed by atoms with Gasteiger partial charge in [-0.3, -0.25) is 23.9 Å². The number of imidazole rings is 1. The van der Waals surface area contributed by atoms with Crippen molar-refractivity contribution < 1.29 is 43.3 Å². The molecule has 2 fully saturated rings. The van der Waals surface area contributed by atoms with Crippen molar-refractivity contribution in [3.05, 3.63) is 11.6 Å². The smallest absolute Gasteiger partial charge is 0.340 e. The number of nitrogens with one attached hydrogen (secondary N) is 2. The van der Waals surface area contributed by atoms with Gasteiger partial charge in [-0.2, -0.15) is 9.97 Å². The fraction of sp³-hybridized carbons (Fsp3) is 0.722. The van der Waals surface area contributed by atoms with E-state index in [4.69, 9.17) is 30.6 Å². The number of piperazine rings is 1. The number of halogens is 1. The van der Waals surface area contributed by atoms with Gasteiger partial charge in [-0.15, -0.1) is 0 Å². The maximum absolute atomic E-state index is 11.9. The van der Waals surface area contributed by atoms with Crippen LogP contribution in [0.4, 0.5) is 5.82 Å². The predicted octanol–water partition coefficient (Wildman–Crippen LogP) is -0.511. The van der Waals surface area contributed by atoms with Crippen molar-refractivity contribution in [2.24, 2.45) is 0 Å². The van der Waals surface area contributed by atoms with Gasteiger partial charge < -0.3 is 39.5 Å². The molecule has 2 aromatic heterocycles. The van der Waals surface area contributed by atoms with Gasteiger partial charge in [0.1, 0.15) is 18.3 Å². The molecule has 4 heterocycles. The number of aliphatic hydroxyl groups is 2. The van der Waals surface area contributed by atoms with E-state index in [0.717, 1.165) is 32.6 Å². The van der Waals surface area contributed by atoms with Crippen molar-refractivity contribution in [2.75, 3.05) is 44.0 Å². The highest BCUT2D eigenvalue weighted by Crippen LogP contribution is 2.55. The molecule has 0 saturated carbocycles. The van der Waals surface area contributed by atoms with Crippen LogP contribution in [0.5, 0.6) is 0 Å². The molecule has 16 nitrogen and oxygen atoms in total. The Kier molecular flexibility index (Phi) is 8.90. The Morgan fingerprint density at radius 2 is 2.03 bits per heavy atom. The van der Waals surface area contributed by atoms with Gasteiger partial charge >= 0.3 is 15.2 Å². The average Bonchev–Trinajstić information content (AvgIpc) is 3.32. The Labute approximate surface area is 216 Å². The minimum atomic E-state index is -4.83. The van der Waals surface area contributed by atoms with Crippen LogP contribution in [0.2, 0.25) is 5.28 Å². The number of anilines is 1. The Balaban J connectivity index is 1.51. The number of rotatable bonds is 10. The third kappa shape index (κ3) is 7.04. The highest BCUT2D eigenvalue weighted by molar-refractivity contribution is 7.70. The van der Waals surface area contributed by atoms with E-state index in [-0.39, 0.29) is 17.1 Å². The molecule has 0 radical (unpaired) electrons. The molecule has 2 saturated heterocycles. The van der Waals surface area contributed by atoms with Gasteiger partial charge in [0.25, 0.3) is 0 Å². The van der Waals surface area contributed by atoms with Crippen LogP contribution in [-0.4, -0.2) is 112 Å². The summed E-state index contributed by atoms with van der Waals surface area (Å²) in [5.74, 6) is -1.03. The molecule has 0 bridgehead atoms. The summed E-state index contributed by atoms with van der Waals surface area (Å²) in [6.45, 7) is 4.81. The van der Waals surface area contributed by atoms with Gasteiger partial charge in [-0.25, -0.2) is 4.98 Å². The quantitative estimate of drug-likeness (QED) is 0.138. The van der Waals surface area contributed by atoms with Crippen LogP contribution < -0.4 is 10.6 Å². The van der Waals surface area contributed by atoms with Crippen molar-refractivity contribution in [3.63, 3.8) is 0 Å². The second-order valence-electron chi connectivity index (χ2n) is 8.90. The maximum Gasteiger partial charge on any atom is 0.340 e. The van der Waals surface area contributed by atoms with Crippen molar-refractivity contribution in [3.8, 4) is 0 Å². The van der Waals surface area contributed by atoms with Crippen molar-refractivity contribution >= 4 is 43.8 Å². The summed E-state index contributed by atoms with van der Waals surface area (Å²) in [5, 5.41) is 27.6. The zero-order valence-corrected chi connectivity index (χ0v) is 22.3. The van der Waals surface area contributed by atoms with E-state index < -0.39 is 52.2 Å². The largest absolute Gasteiger partial charge is 0.387 e. The lowest BCUT2D eigenvalue weighted by Gasteiger charge is -2.34. The molecule has 2 aliphatic rings. The normalized spacial score (nSPS) is 29.0. The van der Waals surface area contributed by atoms with Crippen molar-refractivity contribution in [1.82, 2.24) is 29.7 Å². The Morgan fingerprint density at radius 3 is 2.73 bits per heavy atom. The highest BCUT2D eigenvalue weighted by atomic mass is 35.5. The first-order valence-corrected chi connectivity index (χ1v) is 15.5. The van der Waals surface area contributed by atoms with Crippen LogP contribution >= 0.6 is 26.8 Å². The summed E-state index contributed by atoms with van der Waals surface area (Å²) in [6, 6.07) is 0. The van der Waals surface area contributed by atoms with Crippen LogP contribution in [0.15, 0.2) is 6.33 Å². The predicted molar refractivity (Wildman–Crippen MR) is 131 cm³/mol. The molecule has 0 amide bonds. The first-order valence-electron chi connectivity index (χ1n) is 11.5. The highest BCUT2D eigenvalue weighted by Gasteiger charge is 2.45. The average molecular weight is 586 g/mol. The van der Waals surface area contributed by atoms with E-state index in [1.165, 1.54) is 10.9 Å². The van der Waals surface area contributed by atoms with Gasteiger partial charge in [-0.1, -0.05) is 6.92 Å². The zero-order chi connectivity index (χ0) is 27.0. The standard InChI is InChI=1S/C18H30ClN7O9P2/c1-2-4-25-5-3-20-11(6-25)22-15-12-16(24-18(19)23-15)26(8-21-12)17-14(28)13(27)10(35-17)7-34-37(32,33)9-36(29,30)31/h8,10-11,13-14,17,20,27-28H,2-7,9H2,1H3,(H,32,33)(H,22,23,24)(H2,29,30,31)/t10-,11?,13?,14?,17-/m1/s1. The fourth-order valence-electron chi connectivity index (χ4n) is 4.33. The Bertz CT molecular complexity index is 1200. The van der Waals surface area contributed by atoms with Crippen LogP contribution in [0, 0.1) is 0 Å². The number of hydrogen-bond acceptors (Lipinski definition) is 12. The summed E-state index contributed by atoms with van der Waals surface area (Å²) in [7, 11) is -9.51. The zero-order valence-electron chi connectivity index (χ0n) is 19.8. The van der Waals surface area contributed by atoms with Crippen molar-refractivity contribution in [2.45, 2.75) is 44.1 Å². The number of nitrogens with zero attached hydrogens (tertiary/aromatic N) is 5. The fourth-order valence-corrected chi connectivity index (χ4v) is 7.06. The third-order valence-electron chi connectivity index (χ3n) is 5.92. The van der Waals surface area contributed by atoms with E-state index in [9.17, 15) is 24.2 Å². The lowest BCUT2D eigenvalue weighted by molar-refractivity contribution is -0.0483. The minimum absolute atomic E-state index is 0.0930. The summed E-state index contributed by atoms with van der Waals surface area (Å²) in [4.78, 5) is 42.6. The van der Waals surface area contributed by atoms with E-state index in [1.54, 1.807) is 0 Å². The van der Waals surface area contributed by atoms with Gasteiger partial charge in [-0.05, 0) is 24.6 Å². The first kappa shape index (κ1) is 28.7. The lowest BCUT2D eigenvalue weighted by Crippen LogP contribution is -2.54. The van der Waals surface area contributed by atoms with Gasteiger partial charge in [0.2, 0.25) is 5.28 Å². The van der Waals surface area contributed by atoms with E-state index in [0.29, 0.717) is 11.3 Å². The number of hydrogen-bond donors (Lipinski definition) is 7. The van der Waals surface area contributed by atoms with Gasteiger partial charge in [0.05, 0.1) is 19.1 Å². The maximum atomic E-state index is 11.9. The van der Waals surface area contributed by atoms with Crippen LogP contribution in [-0.2, 0) is 18.4 Å². The molecule has 7 N–H and O–H groups in total. The van der Waals surface area contributed by atoms with Crippen molar-refractivity contribution in [1.29, 1.82) is 0 Å². The van der Waals surface area contributed by atoms with Crippen LogP contribution in [0.25, 0.3) is 11.2 Å². The van der Waals surface area contributed by atoms with E-state index in [2.05, 4.69) is 37.4 Å². The summed E-state index contributed by atoms with van der Waals surface area (Å²) < 4.78 is 34.7. The second-order valence-corrected chi connectivity index (χ2v) is 13.2. The minimum Gasteiger partial charge on any atom is -0.387 e. The molecule has 0 aliphatic carbocycles. The third-order valence-corrected chi connectivity index (χ3v) is 9.54. The molecule has 19 heteroatoms. The van der Waals surface area contributed by atoms with Gasteiger partial charge in [0, 0.05) is 19.6 Å². The molecular formula is C18H30ClN7O9P2. The SMILES string of the molecule is CCCN1CCNC(Nc2nc(Cl)nc3c2ncn3[C@@H]2O[C@H](COP(=O)(O)CP(=O)(O)O)C(O)C2O)C1. The van der Waals surface area contributed by atoms with Gasteiger partial charge in [0.15, 0.2) is 29.1 Å². The number of fused-ring (bicyclic) bond motifs is 1. The molecule has 6 atom stereocenters. The number of ether oxygens (including phenoxy) is 1. The molecule has 208 valence electrons. The van der Waals surface area contributed by atoms with E-state index in [1.807, 2.05) is 0 Å². The second kappa shape index (κ2) is 11.5. The Hall–Kier alpha value is -1.26. The summed E-state index contributed by atoms with van der Waals surface area (Å²) in [6.07, 6.45) is -3.35. The molecule has 2 aromatic rings. The molecule has 4 unspecified atom stereocenters. The molecule has 37 heavy (non-hydrogen) atoms. The molecule has 2 aliphatic heterocycles. The topological polar surface area (TPSA) is 225 Å². The molecule has 0 aromatic carbocycles. The molecule has 0 spiro atoms. The summed E-state index contributed by atoms with van der Waals surface area (Å²) >= 11 is 6.17. The van der Waals surface area contributed by atoms with Crippen LogP contribution in [0.1, 0.15) is 19.6 Å². The van der Waals surface area contributed by atoms with Crippen LogP contribution in [0.3, 0.4) is 0 Å². The van der Waals surface area contributed by atoms with E-state index >= 15 is 0 Å². The number of aliphatic hydroxyl groups excluding tert-OH is 2.